The van der Waals surface area contributed by atoms with E-state index in [0.717, 1.165) is 25.3 Å². The number of amides is 1. The molecule has 1 fully saturated rings. The molecule has 152 valence electrons. The Labute approximate surface area is 170 Å². The topological polar surface area (TPSA) is 58.4 Å². The van der Waals surface area contributed by atoms with Crippen molar-refractivity contribution in [2.75, 3.05) is 26.2 Å². The quantitative estimate of drug-likeness (QED) is 0.677. The number of hydrogen-bond acceptors (Lipinski definition) is 4. The monoisotopic (exact) mass is 407 g/mol. The van der Waals surface area contributed by atoms with Crippen molar-refractivity contribution >= 4 is 17.5 Å². The zero-order valence-electron chi connectivity index (χ0n) is 16.4. The summed E-state index contributed by atoms with van der Waals surface area (Å²) in [4.78, 5) is 15.2. The fourth-order valence-corrected chi connectivity index (χ4v) is 4.03. The summed E-state index contributed by atoms with van der Waals surface area (Å²) in [6.07, 6.45) is 4.50. The van der Waals surface area contributed by atoms with E-state index in [0.29, 0.717) is 12.3 Å². The zero-order chi connectivity index (χ0) is 20.1. The molecule has 0 bridgehead atoms. The minimum Gasteiger partial charge on any atom is -0.360 e. The number of benzene rings is 1. The first-order valence-corrected chi connectivity index (χ1v) is 10.3. The number of aromatic nitrogens is 1. The van der Waals surface area contributed by atoms with Crippen LogP contribution in [0.3, 0.4) is 0 Å². The fourth-order valence-electron chi connectivity index (χ4n) is 3.77. The number of aryl methyl sites for hydroxylation is 1. The molecule has 7 heteroatoms. The molecular formula is C21H27ClFN3O2. The number of rotatable bonds is 7. The van der Waals surface area contributed by atoms with Gasteiger partial charge in [-0.05, 0) is 63.7 Å². The van der Waals surface area contributed by atoms with Crippen molar-refractivity contribution in [3.8, 4) is 11.3 Å². The average molecular weight is 408 g/mol. The Kier molecular flexibility index (Phi) is 7.08. The van der Waals surface area contributed by atoms with Gasteiger partial charge in [-0.25, -0.2) is 4.39 Å². The SMILES string of the molecule is Cc1onc(-c2c(F)cccc2Cl)c1C(=O)NCCCCN1CCC[C@@H](C)C1. The van der Waals surface area contributed by atoms with Crippen LogP contribution in [0, 0.1) is 18.7 Å². The third-order valence-corrected chi connectivity index (χ3v) is 5.53. The van der Waals surface area contributed by atoms with Crippen LogP contribution < -0.4 is 5.32 Å². The lowest BCUT2D eigenvalue weighted by Gasteiger charge is -2.30. The molecule has 1 aliphatic heterocycles. The predicted octanol–water partition coefficient (Wildman–Crippen LogP) is 4.68. The van der Waals surface area contributed by atoms with Gasteiger partial charge in [0.2, 0.25) is 0 Å². The smallest absolute Gasteiger partial charge is 0.257 e. The number of halogens is 2. The summed E-state index contributed by atoms with van der Waals surface area (Å²) in [5.74, 6) is 0.257. The number of carbonyl (C=O) groups is 1. The minimum atomic E-state index is -0.536. The average Bonchev–Trinajstić information content (AvgIpc) is 3.02. The van der Waals surface area contributed by atoms with Crippen molar-refractivity contribution in [1.29, 1.82) is 0 Å². The number of piperidine rings is 1. The van der Waals surface area contributed by atoms with E-state index in [9.17, 15) is 9.18 Å². The van der Waals surface area contributed by atoms with Gasteiger partial charge >= 0.3 is 0 Å². The van der Waals surface area contributed by atoms with Gasteiger partial charge in [0.25, 0.3) is 5.91 Å². The van der Waals surface area contributed by atoms with Gasteiger partial charge in [-0.15, -0.1) is 0 Å². The Morgan fingerprint density at radius 2 is 2.25 bits per heavy atom. The molecule has 1 amide bonds. The summed E-state index contributed by atoms with van der Waals surface area (Å²) in [6.45, 7) is 7.88. The number of hydrogen-bond donors (Lipinski definition) is 1. The van der Waals surface area contributed by atoms with Crippen molar-refractivity contribution in [2.45, 2.75) is 39.5 Å². The van der Waals surface area contributed by atoms with Crippen LogP contribution in [0.5, 0.6) is 0 Å². The van der Waals surface area contributed by atoms with Crippen molar-refractivity contribution in [3.63, 3.8) is 0 Å². The van der Waals surface area contributed by atoms with Crippen LogP contribution >= 0.6 is 11.6 Å². The van der Waals surface area contributed by atoms with E-state index in [1.807, 2.05) is 0 Å². The number of nitrogens with zero attached hydrogens (tertiary/aromatic N) is 2. The van der Waals surface area contributed by atoms with Crippen LogP contribution in [-0.4, -0.2) is 42.1 Å². The third kappa shape index (κ3) is 4.92. The number of carbonyl (C=O) groups excluding carboxylic acids is 1. The molecule has 2 aromatic rings. The second kappa shape index (κ2) is 9.52. The largest absolute Gasteiger partial charge is 0.360 e. The predicted molar refractivity (Wildman–Crippen MR) is 108 cm³/mol. The highest BCUT2D eigenvalue weighted by atomic mass is 35.5. The molecule has 1 aliphatic rings. The van der Waals surface area contributed by atoms with Crippen LogP contribution in [0.4, 0.5) is 4.39 Å². The van der Waals surface area contributed by atoms with Crippen molar-refractivity contribution in [3.05, 3.63) is 40.4 Å². The maximum absolute atomic E-state index is 14.2. The first-order chi connectivity index (χ1) is 13.5. The summed E-state index contributed by atoms with van der Waals surface area (Å²) < 4.78 is 19.4. The Morgan fingerprint density at radius 3 is 3.00 bits per heavy atom. The van der Waals surface area contributed by atoms with Crippen LogP contribution in [0.1, 0.15) is 48.7 Å². The Hall–Kier alpha value is -1.92. The van der Waals surface area contributed by atoms with Gasteiger partial charge in [0, 0.05) is 13.1 Å². The number of likely N-dealkylation sites (tertiary alicyclic amines) is 1. The molecule has 1 atom stereocenters. The van der Waals surface area contributed by atoms with Crippen LogP contribution in [-0.2, 0) is 0 Å². The van der Waals surface area contributed by atoms with Crippen molar-refractivity contribution < 1.29 is 13.7 Å². The van der Waals surface area contributed by atoms with E-state index in [1.54, 1.807) is 13.0 Å². The molecule has 1 N–H and O–H groups in total. The lowest BCUT2D eigenvalue weighted by Crippen LogP contribution is -2.35. The number of unbranched alkanes of at least 4 members (excludes halogenated alkanes) is 1. The molecule has 0 spiro atoms. The summed E-state index contributed by atoms with van der Waals surface area (Å²) in [5.41, 5.74) is 0.461. The molecule has 0 saturated carbocycles. The Balaban J connectivity index is 1.56. The summed E-state index contributed by atoms with van der Waals surface area (Å²) in [5, 5.41) is 6.97. The molecule has 0 aliphatic carbocycles. The molecule has 5 nitrogen and oxygen atoms in total. The van der Waals surface area contributed by atoms with Gasteiger partial charge in [-0.2, -0.15) is 0 Å². The normalized spacial score (nSPS) is 17.6. The van der Waals surface area contributed by atoms with Gasteiger partial charge in [0.1, 0.15) is 22.8 Å². The highest BCUT2D eigenvalue weighted by molar-refractivity contribution is 6.33. The molecule has 1 aromatic carbocycles. The first-order valence-electron chi connectivity index (χ1n) is 9.88. The Morgan fingerprint density at radius 1 is 1.43 bits per heavy atom. The molecule has 3 rings (SSSR count). The van der Waals surface area contributed by atoms with Gasteiger partial charge in [-0.3, -0.25) is 4.79 Å². The van der Waals surface area contributed by atoms with Gasteiger partial charge in [0.05, 0.1) is 10.6 Å². The first kappa shape index (κ1) is 20.8. The second-order valence-electron chi connectivity index (χ2n) is 7.57. The minimum absolute atomic E-state index is 0.0883. The maximum atomic E-state index is 14.2. The lowest BCUT2D eigenvalue weighted by molar-refractivity contribution is 0.0951. The molecule has 0 unspecified atom stereocenters. The summed E-state index contributed by atoms with van der Waals surface area (Å²) in [6, 6.07) is 4.36. The highest BCUT2D eigenvalue weighted by Gasteiger charge is 2.25. The van der Waals surface area contributed by atoms with Gasteiger partial charge < -0.3 is 14.7 Å². The molecule has 0 radical (unpaired) electrons. The molecule has 28 heavy (non-hydrogen) atoms. The van der Waals surface area contributed by atoms with Crippen LogP contribution in [0.25, 0.3) is 11.3 Å². The zero-order valence-corrected chi connectivity index (χ0v) is 17.2. The van der Waals surface area contributed by atoms with Gasteiger partial charge in [-0.1, -0.05) is 29.7 Å². The molecule has 2 heterocycles. The van der Waals surface area contributed by atoms with E-state index in [2.05, 4.69) is 22.3 Å². The van der Waals surface area contributed by atoms with E-state index >= 15 is 0 Å². The van der Waals surface area contributed by atoms with E-state index in [1.165, 1.54) is 38.1 Å². The van der Waals surface area contributed by atoms with Gasteiger partial charge in [0.15, 0.2) is 0 Å². The summed E-state index contributed by atoms with van der Waals surface area (Å²) >= 11 is 6.12. The van der Waals surface area contributed by atoms with Crippen molar-refractivity contribution in [1.82, 2.24) is 15.4 Å². The fraction of sp³-hybridized carbons (Fsp3) is 0.524. The Bertz CT molecular complexity index is 804. The molecular weight excluding hydrogens is 381 g/mol. The third-order valence-electron chi connectivity index (χ3n) is 5.22. The van der Waals surface area contributed by atoms with E-state index in [4.69, 9.17) is 16.1 Å². The standard InChI is InChI=1S/C21H27ClFN3O2/c1-14-7-6-12-26(13-14)11-4-3-10-24-21(27)18-15(2)28-25-20(18)19-16(22)8-5-9-17(19)23/h5,8-9,14H,3-4,6-7,10-13H2,1-2H3,(H,24,27)/t14-/m1/s1. The van der Waals surface area contributed by atoms with Crippen molar-refractivity contribution in [2.24, 2.45) is 5.92 Å². The highest BCUT2D eigenvalue weighted by Crippen LogP contribution is 2.33. The van der Waals surface area contributed by atoms with Crippen LogP contribution in [0.2, 0.25) is 5.02 Å². The lowest BCUT2D eigenvalue weighted by atomic mass is 10.0. The molecule has 1 saturated heterocycles. The maximum Gasteiger partial charge on any atom is 0.257 e. The van der Waals surface area contributed by atoms with E-state index < -0.39 is 5.82 Å². The number of nitrogens with one attached hydrogen (secondary N) is 1. The van der Waals surface area contributed by atoms with Crippen LogP contribution in [0.15, 0.2) is 22.7 Å². The second-order valence-corrected chi connectivity index (χ2v) is 7.98. The van der Waals surface area contributed by atoms with E-state index in [-0.39, 0.29) is 27.8 Å². The summed E-state index contributed by atoms with van der Waals surface area (Å²) in [7, 11) is 0. The molecule has 1 aromatic heterocycles.